The predicted molar refractivity (Wildman–Crippen MR) is 99.4 cm³/mol. The quantitative estimate of drug-likeness (QED) is 0.915. The first-order valence-corrected chi connectivity index (χ1v) is 9.72. The number of carbonyl (C=O) groups is 1. The average Bonchev–Trinajstić information content (AvgIpc) is 2.79. The number of rotatable bonds is 3. The van der Waals surface area contributed by atoms with Crippen LogP contribution in [0.3, 0.4) is 0 Å². The van der Waals surface area contributed by atoms with Crippen molar-refractivity contribution >= 4 is 5.78 Å². The van der Waals surface area contributed by atoms with E-state index in [0.717, 1.165) is 0 Å². The summed E-state index contributed by atoms with van der Waals surface area (Å²) in [6.45, 7) is 0. The lowest BCUT2D eigenvalue weighted by molar-refractivity contribution is -0.131. The first-order chi connectivity index (χ1) is 12.3. The van der Waals surface area contributed by atoms with Gasteiger partial charge in [-0.1, -0.05) is 67.1 Å². The van der Waals surface area contributed by atoms with E-state index in [0.29, 0.717) is 29.6 Å². The van der Waals surface area contributed by atoms with Crippen LogP contribution in [0.25, 0.3) is 0 Å². The van der Waals surface area contributed by atoms with Crippen LogP contribution >= 0.6 is 0 Å². The van der Waals surface area contributed by atoms with E-state index in [9.17, 15) is 4.79 Å². The lowest BCUT2D eigenvalue weighted by Gasteiger charge is -2.41. The molecule has 2 nitrogen and oxygen atoms in total. The smallest absolute Gasteiger partial charge is 0.154 e. The SMILES string of the molecule is O=C1C(C(c2ccccc2)c2ccccc2)NC2CC3CCCC2C13. The van der Waals surface area contributed by atoms with Gasteiger partial charge in [0.1, 0.15) is 0 Å². The van der Waals surface area contributed by atoms with Gasteiger partial charge in [0.05, 0.1) is 6.04 Å². The van der Waals surface area contributed by atoms with E-state index in [4.69, 9.17) is 0 Å². The predicted octanol–water partition coefficient (Wildman–Crippen LogP) is 4.16. The topological polar surface area (TPSA) is 29.1 Å². The van der Waals surface area contributed by atoms with E-state index in [1.807, 2.05) is 0 Å². The molecule has 5 unspecified atom stereocenters. The summed E-state index contributed by atoms with van der Waals surface area (Å²) in [7, 11) is 0. The largest absolute Gasteiger partial charge is 0.304 e. The zero-order valence-corrected chi connectivity index (χ0v) is 14.5. The third-order valence-corrected chi connectivity index (χ3v) is 6.83. The van der Waals surface area contributed by atoms with Gasteiger partial charge in [0, 0.05) is 17.9 Å². The molecule has 0 spiro atoms. The first kappa shape index (κ1) is 15.3. The highest BCUT2D eigenvalue weighted by Gasteiger charge is 2.55. The second kappa shape index (κ2) is 6.10. The number of piperidine rings is 1. The highest BCUT2D eigenvalue weighted by atomic mass is 16.1. The van der Waals surface area contributed by atoms with Crippen molar-refractivity contribution < 1.29 is 4.79 Å². The number of carbonyl (C=O) groups excluding carboxylic acids is 1. The van der Waals surface area contributed by atoms with Crippen LogP contribution in [0.2, 0.25) is 0 Å². The molecule has 1 N–H and O–H groups in total. The average molecular weight is 331 g/mol. The maximum Gasteiger partial charge on any atom is 0.154 e. The normalized spacial score (nSPS) is 33.6. The van der Waals surface area contributed by atoms with Crippen molar-refractivity contribution in [3.8, 4) is 0 Å². The summed E-state index contributed by atoms with van der Waals surface area (Å²) < 4.78 is 0. The van der Waals surface area contributed by atoms with Gasteiger partial charge in [0.15, 0.2) is 5.78 Å². The van der Waals surface area contributed by atoms with Gasteiger partial charge in [-0.25, -0.2) is 0 Å². The Morgan fingerprint density at radius 1 is 0.880 bits per heavy atom. The van der Waals surface area contributed by atoms with Crippen LogP contribution in [0.5, 0.6) is 0 Å². The van der Waals surface area contributed by atoms with Crippen molar-refractivity contribution in [1.29, 1.82) is 0 Å². The van der Waals surface area contributed by atoms with E-state index in [1.165, 1.54) is 36.8 Å². The molecule has 1 aliphatic heterocycles. The summed E-state index contributed by atoms with van der Waals surface area (Å²) in [5, 5.41) is 3.81. The zero-order chi connectivity index (χ0) is 16.8. The van der Waals surface area contributed by atoms with E-state index in [2.05, 4.69) is 66.0 Å². The monoisotopic (exact) mass is 331 g/mol. The van der Waals surface area contributed by atoms with Crippen LogP contribution in [0.15, 0.2) is 60.7 Å². The van der Waals surface area contributed by atoms with E-state index >= 15 is 0 Å². The second-order valence-electron chi connectivity index (χ2n) is 8.07. The molecule has 5 atom stereocenters. The minimum atomic E-state index is -0.0841. The van der Waals surface area contributed by atoms with Crippen LogP contribution in [0.1, 0.15) is 42.7 Å². The molecule has 128 valence electrons. The molecular formula is C23H25NO. The number of nitrogens with one attached hydrogen (secondary N) is 1. The van der Waals surface area contributed by atoms with Crippen molar-refractivity contribution in [2.75, 3.05) is 0 Å². The van der Waals surface area contributed by atoms with E-state index in [-0.39, 0.29) is 12.0 Å². The Morgan fingerprint density at radius 2 is 1.52 bits per heavy atom. The van der Waals surface area contributed by atoms with Crippen molar-refractivity contribution in [3.05, 3.63) is 71.8 Å². The number of ketones is 1. The molecule has 1 heterocycles. The van der Waals surface area contributed by atoms with Crippen LogP contribution in [0.4, 0.5) is 0 Å². The lowest BCUT2D eigenvalue weighted by Crippen LogP contribution is -2.56. The van der Waals surface area contributed by atoms with Gasteiger partial charge in [-0.15, -0.1) is 0 Å². The number of Topliss-reactive ketones (excluding diaryl/α,β-unsaturated/α-hetero) is 1. The van der Waals surface area contributed by atoms with Crippen molar-refractivity contribution in [2.45, 2.75) is 43.7 Å². The standard InChI is InChI=1S/C23H25NO/c25-23-21-17-12-7-13-18(21)19(14-17)24-22(23)20(15-8-3-1-4-9-15)16-10-5-2-6-11-16/h1-6,8-11,17-22,24H,7,12-14H2. The molecule has 5 rings (SSSR count). The molecule has 2 saturated carbocycles. The fourth-order valence-corrected chi connectivity index (χ4v) is 5.85. The molecular weight excluding hydrogens is 306 g/mol. The maximum atomic E-state index is 13.5. The fourth-order valence-electron chi connectivity index (χ4n) is 5.85. The zero-order valence-electron chi connectivity index (χ0n) is 14.5. The Bertz CT molecular complexity index is 717. The third-order valence-electron chi connectivity index (χ3n) is 6.83. The Hall–Kier alpha value is -1.93. The lowest BCUT2D eigenvalue weighted by atomic mass is 9.69. The second-order valence-corrected chi connectivity index (χ2v) is 8.07. The summed E-state index contributed by atoms with van der Waals surface area (Å²) in [5.74, 6) is 2.11. The number of hydrogen-bond acceptors (Lipinski definition) is 2. The fraction of sp³-hybridized carbons (Fsp3) is 0.435. The first-order valence-electron chi connectivity index (χ1n) is 9.72. The summed E-state index contributed by atoms with van der Waals surface area (Å²) in [6, 6.07) is 21.6. The number of benzene rings is 2. The molecule has 0 radical (unpaired) electrons. The van der Waals surface area contributed by atoms with Gasteiger partial charge in [0.25, 0.3) is 0 Å². The minimum Gasteiger partial charge on any atom is -0.304 e. The highest BCUT2D eigenvalue weighted by Crippen LogP contribution is 2.51. The Kier molecular flexibility index (Phi) is 3.74. The third kappa shape index (κ3) is 2.46. The minimum absolute atomic E-state index is 0.0841. The summed E-state index contributed by atoms with van der Waals surface area (Å²) >= 11 is 0. The molecule has 3 aliphatic rings. The number of hydrogen-bond donors (Lipinski definition) is 1. The molecule has 2 heteroatoms. The molecule has 3 fully saturated rings. The maximum absolute atomic E-state index is 13.5. The van der Waals surface area contributed by atoms with Crippen LogP contribution in [-0.2, 0) is 4.79 Å². The molecule has 2 aromatic rings. The van der Waals surface area contributed by atoms with Crippen LogP contribution in [-0.4, -0.2) is 17.9 Å². The van der Waals surface area contributed by atoms with Gasteiger partial charge in [-0.05, 0) is 42.2 Å². The molecule has 2 aliphatic carbocycles. The summed E-state index contributed by atoms with van der Waals surface area (Å²) in [6.07, 6.45) is 4.99. The molecule has 25 heavy (non-hydrogen) atoms. The Balaban J connectivity index is 1.55. The molecule has 2 aromatic carbocycles. The Labute approximate surface area is 149 Å². The van der Waals surface area contributed by atoms with Gasteiger partial charge in [-0.3, -0.25) is 4.79 Å². The molecule has 0 amide bonds. The van der Waals surface area contributed by atoms with Crippen molar-refractivity contribution in [1.82, 2.24) is 5.32 Å². The van der Waals surface area contributed by atoms with Crippen LogP contribution in [0, 0.1) is 17.8 Å². The summed E-state index contributed by atoms with van der Waals surface area (Å²) in [4.78, 5) is 13.5. The van der Waals surface area contributed by atoms with Gasteiger partial charge < -0.3 is 5.32 Å². The molecule has 0 aromatic heterocycles. The molecule has 1 saturated heterocycles. The highest BCUT2D eigenvalue weighted by molar-refractivity contribution is 5.90. The molecule has 4 bridgehead atoms. The van der Waals surface area contributed by atoms with E-state index in [1.54, 1.807) is 0 Å². The Morgan fingerprint density at radius 3 is 2.16 bits per heavy atom. The van der Waals surface area contributed by atoms with E-state index < -0.39 is 0 Å². The van der Waals surface area contributed by atoms with Crippen LogP contribution < -0.4 is 5.32 Å². The summed E-state index contributed by atoms with van der Waals surface area (Å²) in [5.41, 5.74) is 2.48. The van der Waals surface area contributed by atoms with Crippen molar-refractivity contribution in [3.63, 3.8) is 0 Å². The van der Waals surface area contributed by atoms with Gasteiger partial charge >= 0.3 is 0 Å². The van der Waals surface area contributed by atoms with Gasteiger partial charge in [-0.2, -0.15) is 0 Å². The van der Waals surface area contributed by atoms with Crippen molar-refractivity contribution in [2.24, 2.45) is 17.8 Å². The van der Waals surface area contributed by atoms with Gasteiger partial charge in [0.2, 0.25) is 0 Å².